The van der Waals surface area contributed by atoms with Gasteiger partial charge < -0.3 is 0 Å². The predicted molar refractivity (Wildman–Crippen MR) is 145 cm³/mol. The summed E-state index contributed by atoms with van der Waals surface area (Å²) in [5, 5.41) is 0. The van der Waals surface area contributed by atoms with Crippen LogP contribution < -0.4 is 0 Å². The maximum Gasteiger partial charge on any atom is 2.00 e. The molecule has 0 heterocycles. The molecule has 4 rings (SSSR count). The van der Waals surface area contributed by atoms with E-state index in [1.807, 2.05) is 60.7 Å². The number of hydrogen-bond donors (Lipinski definition) is 0. The van der Waals surface area contributed by atoms with Gasteiger partial charge in [0.15, 0.2) is 0 Å². The van der Waals surface area contributed by atoms with E-state index in [1.54, 1.807) is 22.3 Å². The minimum atomic E-state index is 0. The van der Waals surface area contributed by atoms with E-state index in [2.05, 4.69) is 69.2 Å². The van der Waals surface area contributed by atoms with Crippen molar-refractivity contribution in [2.24, 2.45) is 0 Å². The molecule has 0 bridgehead atoms. The Bertz CT molecular complexity index is 856. The van der Waals surface area contributed by atoms with Gasteiger partial charge in [-0.15, -0.1) is 24.3 Å². The summed E-state index contributed by atoms with van der Waals surface area (Å²) < 4.78 is 0. The maximum atomic E-state index is 3.72. The third-order valence-corrected chi connectivity index (χ3v) is 6.43. The molecule has 0 radical (unpaired) electrons. The fourth-order valence-corrected chi connectivity index (χ4v) is 3.56. The Balaban J connectivity index is 0.000000412. The minimum Gasteiger partial charge on any atom is -0.199 e. The van der Waals surface area contributed by atoms with Crippen LogP contribution in [0.5, 0.6) is 0 Å². The molecule has 2 aromatic carbocycles. The van der Waals surface area contributed by atoms with Crippen LogP contribution in [0.25, 0.3) is 0 Å². The zero-order valence-electron chi connectivity index (χ0n) is 22.1. The molecule has 0 aliphatic heterocycles. The van der Waals surface area contributed by atoms with Crippen molar-refractivity contribution < 1.29 is 21.7 Å². The van der Waals surface area contributed by atoms with E-state index in [1.165, 1.54) is 35.1 Å². The van der Waals surface area contributed by atoms with Gasteiger partial charge in [-0.2, -0.15) is 49.2 Å². The zero-order valence-corrected chi connectivity index (χ0v) is 23.7. The molecule has 33 heavy (non-hydrogen) atoms. The third-order valence-electron chi connectivity index (χ3n) is 6.43. The van der Waals surface area contributed by atoms with E-state index < -0.39 is 0 Å². The first-order valence-corrected chi connectivity index (χ1v) is 11.4. The Hall–Kier alpha value is -2.15. The fraction of sp³-hybridized carbons (Fsp3) is 0.312. The first-order chi connectivity index (χ1) is 15.0. The normalized spacial score (nSPS) is 14.5. The molecule has 2 aliphatic rings. The van der Waals surface area contributed by atoms with Crippen molar-refractivity contribution in [3.8, 4) is 0 Å². The fourth-order valence-electron chi connectivity index (χ4n) is 3.56. The molecular weight excluding hydrogens is 432 g/mol. The maximum absolute atomic E-state index is 3.72. The van der Waals surface area contributed by atoms with E-state index >= 15 is 0 Å². The van der Waals surface area contributed by atoms with Crippen molar-refractivity contribution in [1.29, 1.82) is 0 Å². The predicted octanol–water partition coefficient (Wildman–Crippen LogP) is 9.86. The molecule has 0 spiro atoms. The zero-order chi connectivity index (χ0) is 24.3. The number of benzene rings is 2. The van der Waals surface area contributed by atoms with E-state index in [0.29, 0.717) is 0 Å². The summed E-state index contributed by atoms with van der Waals surface area (Å²) in [6, 6.07) is 19.7. The van der Waals surface area contributed by atoms with Gasteiger partial charge in [-0.1, -0.05) is 34.4 Å². The minimum absolute atomic E-state index is 0. The molecule has 0 unspecified atom stereocenters. The standard InChI is InChI=1S/2C9H14.2C7H7.Ti/c2*1-6-5-7(2)9(4)8(6)3;2*1-7-5-3-2-4-6-7;/h2*5H2,1-4H3;2*2-6H,1H2;/q;;2*-1;+2. The van der Waals surface area contributed by atoms with E-state index in [9.17, 15) is 0 Å². The van der Waals surface area contributed by atoms with Crippen molar-refractivity contribution >= 4 is 0 Å². The van der Waals surface area contributed by atoms with Crippen LogP contribution in [0.15, 0.2) is 105 Å². The van der Waals surface area contributed by atoms with Crippen LogP contribution in [0, 0.1) is 13.8 Å². The van der Waals surface area contributed by atoms with Crippen molar-refractivity contribution in [1.82, 2.24) is 0 Å². The Labute approximate surface area is 219 Å². The van der Waals surface area contributed by atoms with Crippen molar-refractivity contribution in [2.75, 3.05) is 0 Å². The SMILES string of the molecule is CC1=C(C)C(C)=C(C)C1.CC1=C(C)C(C)=C(C)C1.[CH2-]c1ccccc1.[CH2-]c1ccccc1.[Ti+2]. The Morgan fingerprint density at radius 1 is 0.424 bits per heavy atom. The van der Waals surface area contributed by atoms with Crippen LogP contribution in [-0.2, 0) is 21.7 Å². The molecule has 174 valence electrons. The van der Waals surface area contributed by atoms with E-state index in [0.717, 1.165) is 11.1 Å². The molecule has 0 atom stereocenters. The summed E-state index contributed by atoms with van der Waals surface area (Å²) in [5.74, 6) is 0. The first kappa shape index (κ1) is 30.9. The van der Waals surface area contributed by atoms with Gasteiger partial charge in [0.1, 0.15) is 0 Å². The molecule has 2 aromatic rings. The van der Waals surface area contributed by atoms with Gasteiger partial charge in [0.2, 0.25) is 0 Å². The topological polar surface area (TPSA) is 0 Å². The second-order valence-electron chi connectivity index (χ2n) is 8.95. The monoisotopic (exact) mass is 474 g/mol. The van der Waals surface area contributed by atoms with Crippen LogP contribution in [-0.4, -0.2) is 0 Å². The smallest absolute Gasteiger partial charge is 0.199 e. The van der Waals surface area contributed by atoms with Crippen molar-refractivity contribution in [3.63, 3.8) is 0 Å². The summed E-state index contributed by atoms with van der Waals surface area (Å²) in [6.07, 6.45) is 2.41. The molecule has 0 nitrogen and oxygen atoms in total. The van der Waals surface area contributed by atoms with E-state index in [4.69, 9.17) is 0 Å². The van der Waals surface area contributed by atoms with Gasteiger partial charge in [-0.05, 0) is 90.5 Å². The molecule has 0 saturated heterocycles. The van der Waals surface area contributed by atoms with Crippen LogP contribution in [0.2, 0.25) is 0 Å². The Morgan fingerprint density at radius 3 is 0.727 bits per heavy atom. The summed E-state index contributed by atoms with van der Waals surface area (Å²) in [4.78, 5) is 0. The van der Waals surface area contributed by atoms with Crippen molar-refractivity contribution in [2.45, 2.75) is 68.2 Å². The van der Waals surface area contributed by atoms with Crippen LogP contribution in [0.3, 0.4) is 0 Å². The number of hydrogen-bond acceptors (Lipinski definition) is 0. The molecule has 2 aliphatic carbocycles. The van der Waals surface area contributed by atoms with Crippen LogP contribution in [0.1, 0.15) is 79.4 Å². The first-order valence-electron chi connectivity index (χ1n) is 11.4. The third kappa shape index (κ3) is 11.0. The van der Waals surface area contributed by atoms with Gasteiger partial charge >= 0.3 is 21.7 Å². The van der Waals surface area contributed by atoms with E-state index in [-0.39, 0.29) is 21.7 Å². The quantitative estimate of drug-likeness (QED) is 0.263. The molecule has 0 amide bonds. The van der Waals surface area contributed by atoms with Gasteiger partial charge in [-0.3, -0.25) is 0 Å². The molecule has 0 fully saturated rings. The molecule has 1 heteroatoms. The molecule has 0 aromatic heterocycles. The Morgan fingerprint density at radius 2 is 0.636 bits per heavy atom. The second kappa shape index (κ2) is 15.6. The number of rotatable bonds is 0. The van der Waals surface area contributed by atoms with Crippen LogP contribution in [0.4, 0.5) is 0 Å². The number of allylic oxidation sites excluding steroid dienone is 8. The average molecular weight is 475 g/mol. The van der Waals surface area contributed by atoms with Gasteiger partial charge in [-0.25, -0.2) is 0 Å². The van der Waals surface area contributed by atoms with Gasteiger partial charge in [0, 0.05) is 0 Å². The second-order valence-corrected chi connectivity index (χ2v) is 8.95. The van der Waals surface area contributed by atoms with Crippen LogP contribution >= 0.6 is 0 Å². The summed E-state index contributed by atoms with van der Waals surface area (Å²) in [5.41, 5.74) is 14.4. The molecule has 0 N–H and O–H groups in total. The van der Waals surface area contributed by atoms with Gasteiger partial charge in [0.05, 0.1) is 0 Å². The van der Waals surface area contributed by atoms with Crippen molar-refractivity contribution in [3.05, 3.63) is 130 Å². The largest absolute Gasteiger partial charge is 2.00 e. The Kier molecular flexibility index (Phi) is 14.6. The average Bonchev–Trinajstić information content (AvgIpc) is 3.13. The summed E-state index contributed by atoms with van der Waals surface area (Å²) in [7, 11) is 0. The molecule has 0 saturated carbocycles. The summed E-state index contributed by atoms with van der Waals surface area (Å²) >= 11 is 0. The molecular formula is C32H42Ti. The summed E-state index contributed by atoms with van der Waals surface area (Å²) in [6.45, 7) is 25.1. The van der Waals surface area contributed by atoms with Gasteiger partial charge in [0.25, 0.3) is 0 Å².